The maximum Gasteiger partial charge on any atom is 0.412 e. The van der Waals surface area contributed by atoms with Gasteiger partial charge >= 0.3 is 6.09 Å². The van der Waals surface area contributed by atoms with Gasteiger partial charge in [-0.3, -0.25) is 5.32 Å². The topological polar surface area (TPSA) is 69.7 Å². The molecule has 0 fully saturated rings. The summed E-state index contributed by atoms with van der Waals surface area (Å²) in [5.41, 5.74) is 3.05. The smallest absolute Gasteiger partial charge is 0.412 e. The lowest BCUT2D eigenvalue weighted by Gasteiger charge is -2.12. The predicted octanol–water partition coefficient (Wildman–Crippen LogP) is 4.51. The van der Waals surface area contributed by atoms with E-state index in [0.29, 0.717) is 11.6 Å². The summed E-state index contributed by atoms with van der Waals surface area (Å²) >= 11 is 0. The number of carbonyl (C=O) groups is 1. The zero-order valence-electron chi connectivity index (χ0n) is 15.1. The third kappa shape index (κ3) is 4.76. The van der Waals surface area contributed by atoms with Gasteiger partial charge in [-0.1, -0.05) is 42.5 Å². The molecular formula is C21H20N2O4. The van der Waals surface area contributed by atoms with Crippen LogP contribution in [0.25, 0.3) is 11.1 Å². The van der Waals surface area contributed by atoms with Gasteiger partial charge < -0.3 is 14.2 Å². The first-order valence-corrected chi connectivity index (χ1v) is 8.36. The number of ether oxygens (including phenoxy) is 3. The van der Waals surface area contributed by atoms with Gasteiger partial charge in [0.25, 0.3) is 0 Å². The van der Waals surface area contributed by atoms with Gasteiger partial charge in [0.05, 0.1) is 14.2 Å². The predicted molar refractivity (Wildman–Crippen MR) is 103 cm³/mol. The minimum absolute atomic E-state index is 0.179. The van der Waals surface area contributed by atoms with Crippen molar-refractivity contribution in [2.24, 2.45) is 0 Å². The minimum Gasteiger partial charge on any atom is -0.497 e. The van der Waals surface area contributed by atoms with Crippen molar-refractivity contribution >= 4 is 11.8 Å². The van der Waals surface area contributed by atoms with Gasteiger partial charge in [-0.05, 0) is 29.3 Å². The van der Waals surface area contributed by atoms with Crippen LogP contribution in [0.3, 0.4) is 0 Å². The zero-order valence-corrected chi connectivity index (χ0v) is 15.1. The van der Waals surface area contributed by atoms with E-state index in [1.54, 1.807) is 19.4 Å². The molecule has 0 radical (unpaired) electrons. The molecule has 1 N–H and O–H groups in total. The number of hydrogen-bond acceptors (Lipinski definition) is 5. The van der Waals surface area contributed by atoms with Gasteiger partial charge in [0.1, 0.15) is 18.0 Å². The van der Waals surface area contributed by atoms with Crippen molar-refractivity contribution in [2.45, 2.75) is 6.61 Å². The molecule has 1 heterocycles. The van der Waals surface area contributed by atoms with Gasteiger partial charge in [0, 0.05) is 11.8 Å². The van der Waals surface area contributed by atoms with Crippen LogP contribution in [0.2, 0.25) is 0 Å². The molecule has 3 rings (SSSR count). The van der Waals surface area contributed by atoms with Crippen LogP contribution in [0.1, 0.15) is 5.56 Å². The summed E-state index contributed by atoms with van der Waals surface area (Å²) < 4.78 is 15.8. The number of pyridine rings is 1. The van der Waals surface area contributed by atoms with Crippen LogP contribution in [0.15, 0.2) is 66.9 Å². The van der Waals surface area contributed by atoms with Crippen LogP contribution in [0, 0.1) is 0 Å². The molecule has 0 saturated carbocycles. The maximum atomic E-state index is 12.2. The highest BCUT2D eigenvalue weighted by atomic mass is 16.5. The average molecular weight is 364 g/mol. The summed E-state index contributed by atoms with van der Waals surface area (Å²) in [6.45, 7) is 0.179. The van der Waals surface area contributed by atoms with Crippen molar-refractivity contribution in [2.75, 3.05) is 19.5 Å². The third-order valence-corrected chi connectivity index (χ3v) is 3.90. The van der Waals surface area contributed by atoms with E-state index < -0.39 is 6.09 Å². The average Bonchev–Trinajstić information content (AvgIpc) is 2.73. The second-order valence-corrected chi connectivity index (χ2v) is 5.70. The Morgan fingerprint density at radius 3 is 2.52 bits per heavy atom. The van der Waals surface area contributed by atoms with Crippen molar-refractivity contribution in [1.82, 2.24) is 4.98 Å². The van der Waals surface area contributed by atoms with Crippen LogP contribution in [-0.4, -0.2) is 25.3 Å². The lowest BCUT2D eigenvalue weighted by atomic mass is 10.1. The molecule has 0 bridgehead atoms. The molecule has 6 heteroatoms. The standard InChI is InChI=1S/C21H20N2O4/c1-25-18-10-6-9-16(11-18)17-12-19(20(26-2)22-13-17)23-21(24)27-14-15-7-4-3-5-8-15/h3-13H,14H2,1-2H3,(H,23,24). The molecule has 27 heavy (non-hydrogen) atoms. The molecule has 1 amide bonds. The van der Waals surface area contributed by atoms with Crippen LogP contribution in [0.4, 0.5) is 10.5 Å². The Bertz CT molecular complexity index is 913. The number of anilines is 1. The Morgan fingerprint density at radius 2 is 1.78 bits per heavy atom. The lowest BCUT2D eigenvalue weighted by molar-refractivity contribution is 0.155. The van der Waals surface area contributed by atoms with Crippen molar-refractivity contribution in [3.05, 3.63) is 72.4 Å². The monoisotopic (exact) mass is 364 g/mol. The van der Waals surface area contributed by atoms with Gasteiger partial charge in [-0.25, -0.2) is 9.78 Å². The number of rotatable bonds is 6. The van der Waals surface area contributed by atoms with Crippen molar-refractivity contribution in [1.29, 1.82) is 0 Å². The lowest BCUT2D eigenvalue weighted by Crippen LogP contribution is -2.14. The minimum atomic E-state index is -0.582. The molecular weight excluding hydrogens is 344 g/mol. The summed E-state index contributed by atoms with van der Waals surface area (Å²) in [5.74, 6) is 1.04. The number of nitrogens with one attached hydrogen (secondary N) is 1. The van der Waals surface area contributed by atoms with Crippen LogP contribution >= 0.6 is 0 Å². The van der Waals surface area contributed by atoms with E-state index in [9.17, 15) is 4.79 Å². The number of hydrogen-bond donors (Lipinski definition) is 1. The molecule has 0 atom stereocenters. The number of nitrogens with zero attached hydrogens (tertiary/aromatic N) is 1. The largest absolute Gasteiger partial charge is 0.497 e. The Kier molecular flexibility index (Phi) is 5.89. The van der Waals surface area contributed by atoms with Gasteiger partial charge in [-0.2, -0.15) is 0 Å². The summed E-state index contributed by atoms with van der Waals surface area (Å²) in [4.78, 5) is 16.4. The second-order valence-electron chi connectivity index (χ2n) is 5.70. The van der Waals surface area contributed by atoms with Crippen molar-refractivity contribution < 1.29 is 19.0 Å². The Hall–Kier alpha value is -3.54. The fourth-order valence-electron chi connectivity index (χ4n) is 2.53. The van der Waals surface area contributed by atoms with Gasteiger partial charge in [0.2, 0.25) is 5.88 Å². The zero-order chi connectivity index (χ0) is 19.1. The molecule has 0 aliphatic carbocycles. The van der Waals surface area contributed by atoms with E-state index >= 15 is 0 Å². The summed E-state index contributed by atoms with van der Waals surface area (Å²) in [7, 11) is 3.11. The highest BCUT2D eigenvalue weighted by molar-refractivity contribution is 5.87. The van der Waals surface area contributed by atoms with E-state index in [-0.39, 0.29) is 6.61 Å². The fraction of sp³-hybridized carbons (Fsp3) is 0.143. The fourth-order valence-corrected chi connectivity index (χ4v) is 2.53. The first-order valence-electron chi connectivity index (χ1n) is 8.36. The highest BCUT2D eigenvalue weighted by Crippen LogP contribution is 2.30. The van der Waals surface area contributed by atoms with Crippen molar-refractivity contribution in [3.8, 4) is 22.8 Å². The number of carbonyl (C=O) groups excluding carboxylic acids is 1. The van der Waals surface area contributed by atoms with Crippen LogP contribution < -0.4 is 14.8 Å². The first-order chi connectivity index (χ1) is 13.2. The van der Waals surface area contributed by atoms with Crippen LogP contribution in [-0.2, 0) is 11.3 Å². The molecule has 0 spiro atoms. The van der Waals surface area contributed by atoms with Gasteiger partial charge in [0.15, 0.2) is 0 Å². The number of methoxy groups -OCH3 is 2. The van der Waals surface area contributed by atoms with E-state index in [0.717, 1.165) is 22.4 Å². The van der Waals surface area contributed by atoms with Crippen LogP contribution in [0.5, 0.6) is 11.6 Å². The quantitative estimate of drug-likeness (QED) is 0.697. The van der Waals surface area contributed by atoms with E-state index in [2.05, 4.69) is 10.3 Å². The first kappa shape index (κ1) is 18.3. The molecule has 138 valence electrons. The number of amides is 1. The molecule has 2 aromatic carbocycles. The van der Waals surface area contributed by atoms with E-state index in [1.165, 1.54) is 7.11 Å². The normalized spacial score (nSPS) is 10.1. The molecule has 6 nitrogen and oxygen atoms in total. The summed E-state index contributed by atoms with van der Waals surface area (Å²) in [6, 6.07) is 18.8. The number of aromatic nitrogens is 1. The Morgan fingerprint density at radius 1 is 0.963 bits per heavy atom. The second kappa shape index (κ2) is 8.71. The molecule has 0 aliphatic rings. The summed E-state index contributed by atoms with van der Waals surface area (Å²) in [6.07, 6.45) is 1.09. The van der Waals surface area contributed by atoms with E-state index in [4.69, 9.17) is 14.2 Å². The SMILES string of the molecule is COc1cccc(-c2cnc(OC)c(NC(=O)OCc3ccccc3)c2)c1. The number of benzene rings is 2. The maximum absolute atomic E-state index is 12.2. The molecule has 0 unspecified atom stereocenters. The van der Waals surface area contributed by atoms with E-state index in [1.807, 2.05) is 54.6 Å². The Balaban J connectivity index is 1.76. The molecule has 0 saturated heterocycles. The van der Waals surface area contributed by atoms with Crippen molar-refractivity contribution in [3.63, 3.8) is 0 Å². The molecule has 3 aromatic rings. The summed E-state index contributed by atoms with van der Waals surface area (Å²) in [5, 5.41) is 2.69. The highest BCUT2D eigenvalue weighted by Gasteiger charge is 2.12. The molecule has 1 aromatic heterocycles. The Labute approximate surface area is 157 Å². The van der Waals surface area contributed by atoms with Gasteiger partial charge in [-0.15, -0.1) is 0 Å². The third-order valence-electron chi connectivity index (χ3n) is 3.90. The molecule has 0 aliphatic heterocycles.